The second kappa shape index (κ2) is 23.1. The lowest BCUT2D eigenvalue weighted by molar-refractivity contribution is 0.470. The lowest BCUT2D eigenvalue weighted by Crippen LogP contribution is -1.91. The van der Waals surface area contributed by atoms with Crippen molar-refractivity contribution < 1.29 is 25.5 Å². The molecule has 0 heterocycles. The fourth-order valence-corrected chi connectivity index (χ4v) is 10.2. The SMILES string of the molecule is Oc1c(-c2ccccc2)cc(-c2cc(-c3ccccc3)c(O)c(-c3ccccc3)c2)cc1-c1ccccc1.Oc1c(-c2ccccc2)cccc1-c1ccccc1.Oc1ccc2ccccc2c1-c1c(O)ccc2ccccc12. The molecule has 13 aromatic carbocycles. The van der Waals surface area contributed by atoms with Crippen molar-refractivity contribution in [1.82, 2.24) is 0 Å². The third-order valence-corrected chi connectivity index (χ3v) is 14.2. The van der Waals surface area contributed by atoms with E-state index in [9.17, 15) is 25.5 Å². The molecule has 79 heavy (non-hydrogen) atoms. The number of phenols is 5. The molecule has 0 aromatic heterocycles. The van der Waals surface area contributed by atoms with E-state index in [1.54, 1.807) is 12.1 Å². The molecule has 380 valence electrons. The van der Waals surface area contributed by atoms with Crippen molar-refractivity contribution >= 4 is 21.5 Å². The van der Waals surface area contributed by atoms with Crippen LogP contribution in [0.4, 0.5) is 0 Å². The Morgan fingerprint density at radius 2 is 0.418 bits per heavy atom. The van der Waals surface area contributed by atoms with Crippen LogP contribution in [0.15, 0.2) is 297 Å². The Kier molecular flexibility index (Phi) is 14.8. The second-order valence-electron chi connectivity index (χ2n) is 19.1. The third kappa shape index (κ3) is 10.8. The van der Waals surface area contributed by atoms with Crippen LogP contribution < -0.4 is 0 Å². The summed E-state index contributed by atoms with van der Waals surface area (Å²) in [4.78, 5) is 0. The molecule has 0 amide bonds. The summed E-state index contributed by atoms with van der Waals surface area (Å²) in [5, 5.41) is 58.1. The minimum Gasteiger partial charge on any atom is -0.507 e. The predicted molar refractivity (Wildman–Crippen MR) is 326 cm³/mol. The van der Waals surface area contributed by atoms with E-state index in [1.807, 2.05) is 285 Å². The van der Waals surface area contributed by atoms with Gasteiger partial charge in [-0.15, -0.1) is 0 Å². The Bertz CT molecular complexity index is 3810. The lowest BCUT2D eigenvalue weighted by Gasteiger charge is -2.17. The van der Waals surface area contributed by atoms with E-state index in [2.05, 4.69) is 0 Å². The van der Waals surface area contributed by atoms with Gasteiger partial charge in [0.2, 0.25) is 0 Å². The largest absolute Gasteiger partial charge is 0.507 e. The van der Waals surface area contributed by atoms with Gasteiger partial charge < -0.3 is 25.5 Å². The van der Waals surface area contributed by atoms with Crippen LogP contribution in [-0.2, 0) is 0 Å². The zero-order valence-corrected chi connectivity index (χ0v) is 43.0. The Labute approximate surface area is 459 Å². The van der Waals surface area contributed by atoms with Crippen LogP contribution in [0.5, 0.6) is 28.7 Å². The Morgan fingerprint density at radius 3 is 0.709 bits per heavy atom. The molecule has 0 saturated carbocycles. The van der Waals surface area contributed by atoms with Crippen molar-refractivity contribution in [3.63, 3.8) is 0 Å². The average Bonchev–Trinajstić information content (AvgIpc) is 3.60. The molecule has 0 bridgehead atoms. The summed E-state index contributed by atoms with van der Waals surface area (Å²) in [6, 6.07) is 96.5. The van der Waals surface area contributed by atoms with E-state index < -0.39 is 0 Å². The average molecular weight is 1020 g/mol. The molecule has 0 spiro atoms. The third-order valence-electron chi connectivity index (χ3n) is 14.2. The summed E-state index contributed by atoms with van der Waals surface area (Å²) in [6.07, 6.45) is 0. The number of rotatable bonds is 8. The predicted octanol–water partition coefficient (Wildman–Crippen LogP) is 19.2. The van der Waals surface area contributed by atoms with E-state index in [0.29, 0.717) is 16.9 Å². The molecular formula is C74H54O5. The highest BCUT2D eigenvalue weighted by Gasteiger charge is 2.20. The first-order valence-corrected chi connectivity index (χ1v) is 26.1. The number of para-hydroxylation sites is 1. The number of fused-ring (bicyclic) bond motifs is 2. The summed E-state index contributed by atoms with van der Waals surface area (Å²) >= 11 is 0. The van der Waals surface area contributed by atoms with Gasteiger partial charge in [-0.3, -0.25) is 0 Å². The van der Waals surface area contributed by atoms with Crippen molar-refractivity contribution in [3.05, 3.63) is 297 Å². The van der Waals surface area contributed by atoms with Crippen LogP contribution in [0.1, 0.15) is 0 Å². The minimum absolute atomic E-state index is 0.172. The molecule has 0 aliphatic carbocycles. The number of hydrogen-bond donors (Lipinski definition) is 5. The molecular weight excluding hydrogens is 969 g/mol. The normalized spacial score (nSPS) is 10.8. The molecule has 0 unspecified atom stereocenters. The number of hydrogen-bond acceptors (Lipinski definition) is 5. The van der Waals surface area contributed by atoms with Gasteiger partial charge in [0, 0.05) is 44.5 Å². The quantitative estimate of drug-likeness (QED) is 0.104. The molecule has 13 aromatic rings. The van der Waals surface area contributed by atoms with Gasteiger partial charge in [0.15, 0.2) is 0 Å². The monoisotopic (exact) mass is 1020 g/mol. The summed E-state index contributed by atoms with van der Waals surface area (Å²) in [7, 11) is 0. The molecule has 0 atom stereocenters. The van der Waals surface area contributed by atoms with Gasteiger partial charge >= 0.3 is 0 Å². The number of aromatic hydroxyl groups is 5. The molecule has 0 aliphatic heterocycles. The second-order valence-corrected chi connectivity index (χ2v) is 19.1. The zero-order chi connectivity index (χ0) is 54.1. The highest BCUT2D eigenvalue weighted by atomic mass is 16.3. The minimum atomic E-state index is 0.172. The van der Waals surface area contributed by atoms with Crippen LogP contribution in [0.2, 0.25) is 0 Å². The van der Waals surface area contributed by atoms with Crippen molar-refractivity contribution in [1.29, 1.82) is 0 Å². The summed E-state index contributed by atoms with van der Waals surface area (Å²) in [6.45, 7) is 0. The maximum Gasteiger partial charge on any atom is 0.131 e. The van der Waals surface area contributed by atoms with Crippen molar-refractivity contribution in [3.8, 4) is 118 Å². The van der Waals surface area contributed by atoms with Gasteiger partial charge in [0.05, 0.1) is 0 Å². The Morgan fingerprint density at radius 1 is 0.177 bits per heavy atom. The fourth-order valence-electron chi connectivity index (χ4n) is 10.2. The Balaban J connectivity index is 0.000000136. The molecule has 13 rings (SSSR count). The summed E-state index contributed by atoms with van der Waals surface area (Å²) in [5.74, 6) is 1.17. The van der Waals surface area contributed by atoms with Crippen LogP contribution in [0.25, 0.3) is 111 Å². The van der Waals surface area contributed by atoms with Gasteiger partial charge in [-0.2, -0.15) is 0 Å². The van der Waals surface area contributed by atoms with E-state index in [1.165, 1.54) is 0 Å². The van der Waals surface area contributed by atoms with E-state index in [0.717, 1.165) is 99.4 Å². The molecule has 5 heteroatoms. The number of benzene rings is 13. The highest BCUT2D eigenvalue weighted by molar-refractivity contribution is 6.09. The molecule has 5 nitrogen and oxygen atoms in total. The first-order valence-electron chi connectivity index (χ1n) is 26.1. The lowest BCUT2D eigenvalue weighted by atomic mass is 9.88. The van der Waals surface area contributed by atoms with Gasteiger partial charge in [0.25, 0.3) is 0 Å². The Hall–Kier alpha value is -10.6. The standard InChI is InChI=1S/C36H26O2.C20H14O2.C18H14O/c37-35-31(25-13-5-1-6-14-25)21-29(22-32(35)26-15-7-2-8-16-26)30-23-33(27-17-9-3-10-18-27)36(38)34(24-30)28-19-11-4-12-20-28;21-17-11-9-13-5-1-3-7-15(13)19(17)20-16-8-4-2-6-14(16)10-12-18(20)22;19-18-16(14-8-3-1-4-9-14)12-7-13-17(18)15-10-5-2-6-11-15/h1-24,37-38H;1-12,21-22H;1-13,19H. The smallest absolute Gasteiger partial charge is 0.131 e. The number of phenolic OH excluding ortho intramolecular Hbond substituents is 5. The maximum atomic E-state index is 11.4. The van der Waals surface area contributed by atoms with Crippen LogP contribution in [-0.4, -0.2) is 25.5 Å². The van der Waals surface area contributed by atoms with Gasteiger partial charge in [-0.1, -0.05) is 261 Å². The van der Waals surface area contributed by atoms with Crippen LogP contribution in [0.3, 0.4) is 0 Å². The van der Waals surface area contributed by atoms with E-state index in [-0.39, 0.29) is 23.0 Å². The summed E-state index contributed by atoms with van der Waals surface area (Å²) in [5.41, 5.74) is 13.8. The molecule has 0 fully saturated rings. The van der Waals surface area contributed by atoms with Crippen molar-refractivity contribution in [2.24, 2.45) is 0 Å². The van der Waals surface area contributed by atoms with Gasteiger partial charge in [0.1, 0.15) is 28.7 Å². The van der Waals surface area contributed by atoms with E-state index >= 15 is 0 Å². The van der Waals surface area contributed by atoms with Crippen LogP contribution >= 0.6 is 0 Å². The van der Waals surface area contributed by atoms with Crippen LogP contribution in [0, 0.1) is 0 Å². The van der Waals surface area contributed by atoms with Crippen molar-refractivity contribution in [2.75, 3.05) is 0 Å². The molecule has 0 radical (unpaired) electrons. The topological polar surface area (TPSA) is 101 Å². The summed E-state index contributed by atoms with van der Waals surface area (Å²) < 4.78 is 0. The van der Waals surface area contributed by atoms with E-state index in [4.69, 9.17) is 0 Å². The highest BCUT2D eigenvalue weighted by Crippen LogP contribution is 2.47. The first kappa shape index (κ1) is 50.5. The zero-order valence-electron chi connectivity index (χ0n) is 43.0. The van der Waals surface area contributed by atoms with Gasteiger partial charge in [-0.25, -0.2) is 0 Å². The maximum absolute atomic E-state index is 11.4. The van der Waals surface area contributed by atoms with Gasteiger partial charge in [-0.05, 0) is 102 Å². The first-order chi connectivity index (χ1) is 38.8. The molecule has 0 saturated heterocycles. The van der Waals surface area contributed by atoms with Crippen molar-refractivity contribution in [2.45, 2.75) is 0 Å². The fraction of sp³-hybridized carbons (Fsp3) is 0. The molecule has 5 N–H and O–H groups in total. The molecule has 0 aliphatic rings.